The monoisotopic (exact) mass is 456 g/mol. The Morgan fingerprint density at radius 3 is 2.66 bits per heavy atom. The SMILES string of the molecule is CCOc1ccc(CC)nc1C(=O)[C@@]1(Cc2cn3ccc(C)c(C)c3n2)CCCCN1.Cl. The summed E-state index contributed by atoms with van der Waals surface area (Å²) in [5.74, 6) is 0.578. The summed E-state index contributed by atoms with van der Waals surface area (Å²) in [6, 6.07) is 5.92. The number of Topliss-reactive ketones (excluding diaryl/α,β-unsaturated/α-hetero) is 1. The van der Waals surface area contributed by atoms with Crippen molar-refractivity contribution in [2.24, 2.45) is 0 Å². The Labute approximate surface area is 196 Å². The van der Waals surface area contributed by atoms with Gasteiger partial charge in [0.05, 0.1) is 17.8 Å². The highest BCUT2D eigenvalue weighted by molar-refractivity contribution is 6.04. The number of ketones is 1. The van der Waals surface area contributed by atoms with E-state index in [9.17, 15) is 4.79 Å². The normalized spacial score (nSPS) is 18.4. The lowest BCUT2D eigenvalue weighted by Crippen LogP contribution is -2.56. The van der Waals surface area contributed by atoms with Crippen LogP contribution in [0.25, 0.3) is 5.65 Å². The molecule has 4 heterocycles. The van der Waals surface area contributed by atoms with Gasteiger partial charge in [-0.3, -0.25) is 4.79 Å². The van der Waals surface area contributed by atoms with Crippen LogP contribution in [0.5, 0.6) is 5.75 Å². The molecule has 6 nitrogen and oxygen atoms in total. The maximum atomic E-state index is 14.0. The van der Waals surface area contributed by atoms with Gasteiger partial charge in [0, 0.05) is 24.5 Å². The fraction of sp³-hybridized carbons (Fsp3) is 0.480. The molecule has 1 atom stereocenters. The van der Waals surface area contributed by atoms with Crippen molar-refractivity contribution in [2.75, 3.05) is 13.2 Å². The number of ether oxygens (including phenoxy) is 1. The van der Waals surface area contributed by atoms with E-state index in [0.29, 0.717) is 24.5 Å². The molecule has 0 bridgehead atoms. The van der Waals surface area contributed by atoms with Gasteiger partial charge in [-0.05, 0) is 82.3 Å². The Bertz CT molecular complexity index is 1100. The molecule has 172 valence electrons. The molecule has 1 aliphatic heterocycles. The van der Waals surface area contributed by atoms with Gasteiger partial charge < -0.3 is 14.5 Å². The zero-order valence-electron chi connectivity index (χ0n) is 19.4. The molecule has 0 amide bonds. The minimum atomic E-state index is -0.718. The van der Waals surface area contributed by atoms with Crippen molar-refractivity contribution in [1.29, 1.82) is 0 Å². The lowest BCUT2D eigenvalue weighted by atomic mass is 9.79. The number of nitrogens with zero attached hydrogens (tertiary/aromatic N) is 3. The third-order valence-electron chi connectivity index (χ3n) is 6.40. The molecule has 0 saturated carbocycles. The lowest BCUT2D eigenvalue weighted by molar-refractivity contribution is 0.0799. The first-order valence-corrected chi connectivity index (χ1v) is 11.3. The number of hydrogen-bond donors (Lipinski definition) is 1. The quantitative estimate of drug-likeness (QED) is 0.523. The Hall–Kier alpha value is -2.44. The largest absolute Gasteiger partial charge is 0.491 e. The number of halogens is 1. The minimum absolute atomic E-state index is 0. The molecular formula is C25H33ClN4O2. The molecule has 3 aromatic heterocycles. The zero-order chi connectivity index (χ0) is 22.0. The van der Waals surface area contributed by atoms with E-state index < -0.39 is 5.54 Å². The van der Waals surface area contributed by atoms with Crippen molar-refractivity contribution < 1.29 is 9.53 Å². The molecule has 0 radical (unpaired) electrons. The summed E-state index contributed by atoms with van der Waals surface area (Å²) >= 11 is 0. The van der Waals surface area contributed by atoms with Crippen LogP contribution in [0.1, 0.15) is 66.1 Å². The first-order valence-electron chi connectivity index (χ1n) is 11.3. The van der Waals surface area contributed by atoms with E-state index >= 15 is 0 Å². The van der Waals surface area contributed by atoms with Crippen LogP contribution in [0.3, 0.4) is 0 Å². The van der Waals surface area contributed by atoms with Crippen molar-refractivity contribution in [3.63, 3.8) is 0 Å². The molecule has 3 aromatic rings. The van der Waals surface area contributed by atoms with Gasteiger partial charge in [0.2, 0.25) is 5.78 Å². The van der Waals surface area contributed by atoms with E-state index in [2.05, 4.69) is 29.6 Å². The summed E-state index contributed by atoms with van der Waals surface area (Å²) in [6.45, 7) is 9.48. The number of carbonyl (C=O) groups excluding carboxylic acids is 1. The Balaban J connectivity index is 0.00000289. The zero-order valence-corrected chi connectivity index (χ0v) is 20.2. The van der Waals surface area contributed by atoms with E-state index in [1.165, 1.54) is 11.1 Å². The lowest BCUT2D eigenvalue weighted by Gasteiger charge is -2.36. The Morgan fingerprint density at radius 1 is 1.16 bits per heavy atom. The summed E-state index contributed by atoms with van der Waals surface area (Å²) in [5.41, 5.74) is 4.87. The van der Waals surface area contributed by atoms with E-state index in [0.717, 1.165) is 49.3 Å². The number of piperidine rings is 1. The number of rotatable bonds is 7. The van der Waals surface area contributed by atoms with Crippen LogP contribution in [-0.2, 0) is 12.8 Å². The molecule has 4 rings (SSSR count). The molecule has 32 heavy (non-hydrogen) atoms. The third kappa shape index (κ3) is 4.52. The van der Waals surface area contributed by atoms with Crippen LogP contribution in [0, 0.1) is 13.8 Å². The van der Waals surface area contributed by atoms with Crippen LogP contribution < -0.4 is 10.1 Å². The number of pyridine rings is 2. The summed E-state index contributed by atoms with van der Waals surface area (Å²) in [5, 5.41) is 3.56. The topological polar surface area (TPSA) is 68.5 Å². The highest BCUT2D eigenvalue weighted by Gasteiger charge is 2.42. The molecule has 1 aliphatic rings. The Morgan fingerprint density at radius 2 is 1.97 bits per heavy atom. The summed E-state index contributed by atoms with van der Waals surface area (Å²) in [6.07, 6.45) is 8.24. The van der Waals surface area contributed by atoms with Gasteiger partial charge in [-0.15, -0.1) is 12.4 Å². The van der Waals surface area contributed by atoms with Crippen molar-refractivity contribution in [1.82, 2.24) is 19.7 Å². The number of aryl methyl sites for hydroxylation is 3. The molecule has 0 aliphatic carbocycles. The maximum absolute atomic E-state index is 14.0. The van der Waals surface area contributed by atoms with Crippen LogP contribution in [-0.4, -0.2) is 38.8 Å². The molecule has 0 spiro atoms. The maximum Gasteiger partial charge on any atom is 0.205 e. The average molecular weight is 457 g/mol. The number of carbonyl (C=O) groups is 1. The standard InChI is InChI=1S/C25H32N4O2.ClH/c1-5-19-9-10-21(31-6-2)22(27-19)23(30)25(12-7-8-13-26-25)15-20-16-29-14-11-17(3)18(4)24(29)28-20;/h9-11,14,16,26H,5-8,12-13,15H2,1-4H3;1H/t25-;/m0./s1. The second-order valence-electron chi connectivity index (χ2n) is 8.49. The van der Waals surface area contributed by atoms with Gasteiger partial charge in [-0.2, -0.15) is 0 Å². The number of fused-ring (bicyclic) bond motifs is 1. The summed E-state index contributed by atoms with van der Waals surface area (Å²) in [4.78, 5) is 23.6. The predicted octanol–water partition coefficient (Wildman–Crippen LogP) is 4.67. The summed E-state index contributed by atoms with van der Waals surface area (Å²) < 4.78 is 7.85. The van der Waals surface area contributed by atoms with Gasteiger partial charge in [0.25, 0.3) is 0 Å². The first kappa shape index (κ1) is 24.2. The van der Waals surface area contributed by atoms with Crippen LogP contribution in [0.2, 0.25) is 0 Å². The molecule has 0 aromatic carbocycles. The van der Waals surface area contributed by atoms with Crippen molar-refractivity contribution in [3.8, 4) is 5.75 Å². The molecular weight excluding hydrogens is 424 g/mol. The molecule has 1 fully saturated rings. The van der Waals surface area contributed by atoms with Crippen molar-refractivity contribution in [2.45, 2.75) is 65.3 Å². The van der Waals surface area contributed by atoms with E-state index in [-0.39, 0.29) is 18.2 Å². The van der Waals surface area contributed by atoms with Crippen molar-refractivity contribution >= 4 is 23.8 Å². The van der Waals surface area contributed by atoms with Gasteiger partial charge in [0.1, 0.15) is 11.4 Å². The molecule has 1 N–H and O–H groups in total. The van der Waals surface area contributed by atoms with Gasteiger partial charge in [0.15, 0.2) is 5.69 Å². The number of nitrogens with one attached hydrogen (secondary N) is 1. The van der Waals surface area contributed by atoms with Crippen LogP contribution in [0.15, 0.2) is 30.6 Å². The second kappa shape index (κ2) is 10.0. The van der Waals surface area contributed by atoms with Crippen molar-refractivity contribution in [3.05, 3.63) is 58.8 Å². The van der Waals surface area contributed by atoms with E-state index in [1.54, 1.807) is 0 Å². The van der Waals surface area contributed by atoms with Gasteiger partial charge in [-0.25, -0.2) is 9.97 Å². The first-order chi connectivity index (χ1) is 15.0. The fourth-order valence-electron chi connectivity index (χ4n) is 4.46. The smallest absolute Gasteiger partial charge is 0.205 e. The van der Waals surface area contributed by atoms with Crippen LogP contribution >= 0.6 is 12.4 Å². The van der Waals surface area contributed by atoms with E-state index in [4.69, 9.17) is 14.7 Å². The number of imidazole rings is 1. The third-order valence-corrected chi connectivity index (χ3v) is 6.40. The molecule has 1 saturated heterocycles. The minimum Gasteiger partial charge on any atom is -0.491 e. The highest BCUT2D eigenvalue weighted by atomic mass is 35.5. The summed E-state index contributed by atoms with van der Waals surface area (Å²) in [7, 11) is 0. The molecule has 7 heteroatoms. The predicted molar refractivity (Wildman–Crippen MR) is 129 cm³/mol. The fourth-order valence-corrected chi connectivity index (χ4v) is 4.46. The number of hydrogen-bond acceptors (Lipinski definition) is 5. The van der Waals surface area contributed by atoms with Gasteiger partial charge in [-0.1, -0.05) is 6.92 Å². The second-order valence-corrected chi connectivity index (χ2v) is 8.49. The van der Waals surface area contributed by atoms with Gasteiger partial charge >= 0.3 is 0 Å². The average Bonchev–Trinajstić information content (AvgIpc) is 3.20. The molecule has 0 unspecified atom stereocenters. The van der Waals surface area contributed by atoms with E-state index in [1.807, 2.05) is 38.4 Å². The Kier molecular flexibility index (Phi) is 7.57. The number of aromatic nitrogens is 3. The van der Waals surface area contributed by atoms with Crippen LogP contribution in [0.4, 0.5) is 0 Å². The highest BCUT2D eigenvalue weighted by Crippen LogP contribution is 2.31.